The molecular weight excluding hydrogens is 252 g/mol. The van der Waals surface area contributed by atoms with E-state index < -0.39 is 6.04 Å². The molecule has 2 amide bonds. The summed E-state index contributed by atoms with van der Waals surface area (Å²) in [5, 5.41) is 3.70. The fraction of sp³-hybridized carbons (Fsp3) is 0.385. The minimum absolute atomic E-state index is 0.127. The van der Waals surface area contributed by atoms with Gasteiger partial charge in [0.2, 0.25) is 5.91 Å². The zero-order valence-corrected chi connectivity index (χ0v) is 11.1. The van der Waals surface area contributed by atoms with Crippen LogP contribution in [0.3, 0.4) is 0 Å². The maximum absolute atomic E-state index is 11.9. The van der Waals surface area contributed by atoms with Crippen LogP contribution in [0.25, 0.3) is 0 Å². The second-order valence-corrected chi connectivity index (χ2v) is 4.75. The largest absolute Gasteiger partial charge is 0.373 e. The van der Waals surface area contributed by atoms with Crippen LogP contribution in [0.2, 0.25) is 5.02 Å². The van der Waals surface area contributed by atoms with Gasteiger partial charge in [-0.15, -0.1) is 0 Å². The SMILES string of the molecule is CCN1C(=O)CC(Nc2ccc(C)c(Cl)c2)C1=O. The number of hydrogen-bond donors (Lipinski definition) is 1. The zero-order valence-electron chi connectivity index (χ0n) is 10.4. The highest BCUT2D eigenvalue weighted by Crippen LogP contribution is 2.23. The number of carbonyl (C=O) groups is 2. The molecule has 1 saturated heterocycles. The van der Waals surface area contributed by atoms with E-state index in [1.807, 2.05) is 19.1 Å². The van der Waals surface area contributed by atoms with Crippen molar-refractivity contribution in [3.8, 4) is 0 Å². The lowest BCUT2D eigenvalue weighted by atomic mass is 10.2. The lowest BCUT2D eigenvalue weighted by molar-refractivity contribution is -0.138. The van der Waals surface area contributed by atoms with Gasteiger partial charge in [0.15, 0.2) is 0 Å². The summed E-state index contributed by atoms with van der Waals surface area (Å²) in [6, 6.07) is 5.02. The van der Waals surface area contributed by atoms with Crippen LogP contribution < -0.4 is 5.32 Å². The van der Waals surface area contributed by atoms with E-state index in [9.17, 15) is 9.59 Å². The van der Waals surface area contributed by atoms with Gasteiger partial charge in [-0.25, -0.2) is 0 Å². The molecule has 0 saturated carbocycles. The molecule has 0 radical (unpaired) electrons. The first-order chi connectivity index (χ1) is 8.52. The van der Waals surface area contributed by atoms with Crippen LogP contribution in [0.15, 0.2) is 18.2 Å². The van der Waals surface area contributed by atoms with Gasteiger partial charge in [-0.2, -0.15) is 0 Å². The summed E-state index contributed by atoms with van der Waals surface area (Å²) in [4.78, 5) is 24.8. The van der Waals surface area contributed by atoms with Crippen molar-refractivity contribution in [3.05, 3.63) is 28.8 Å². The molecule has 96 valence electrons. The van der Waals surface area contributed by atoms with Crippen molar-refractivity contribution in [1.82, 2.24) is 4.90 Å². The Labute approximate surface area is 111 Å². The standard InChI is InChI=1S/C13H15ClN2O2/c1-3-16-12(17)7-11(13(16)18)15-9-5-4-8(2)10(14)6-9/h4-6,11,15H,3,7H2,1-2H3. The Kier molecular flexibility index (Phi) is 3.57. The highest BCUT2D eigenvalue weighted by Gasteiger charge is 2.37. The van der Waals surface area contributed by atoms with E-state index in [0.29, 0.717) is 11.6 Å². The second-order valence-electron chi connectivity index (χ2n) is 4.34. The molecule has 0 aliphatic carbocycles. The third-order valence-corrected chi connectivity index (χ3v) is 3.48. The van der Waals surface area contributed by atoms with Crippen LogP contribution in [0.5, 0.6) is 0 Å². The number of nitrogens with one attached hydrogen (secondary N) is 1. The first-order valence-corrected chi connectivity index (χ1v) is 6.27. The number of hydrogen-bond acceptors (Lipinski definition) is 3. The number of aryl methyl sites for hydroxylation is 1. The molecule has 1 aliphatic rings. The van der Waals surface area contributed by atoms with Crippen molar-refractivity contribution >= 4 is 29.1 Å². The Bertz CT molecular complexity index is 502. The maximum atomic E-state index is 11.9. The van der Waals surface area contributed by atoms with E-state index in [2.05, 4.69) is 5.32 Å². The molecular formula is C13H15ClN2O2. The molecule has 1 atom stereocenters. The number of carbonyl (C=O) groups excluding carboxylic acids is 2. The van der Waals surface area contributed by atoms with Crippen LogP contribution in [0.4, 0.5) is 5.69 Å². The van der Waals surface area contributed by atoms with Gasteiger partial charge in [0.05, 0.1) is 6.42 Å². The monoisotopic (exact) mass is 266 g/mol. The Morgan fingerprint density at radius 3 is 2.72 bits per heavy atom. The summed E-state index contributed by atoms with van der Waals surface area (Å²) < 4.78 is 0. The molecule has 1 heterocycles. The number of amides is 2. The van der Waals surface area contributed by atoms with Crippen LogP contribution in [0.1, 0.15) is 18.9 Å². The lowest BCUT2D eigenvalue weighted by Crippen LogP contribution is -2.34. The number of halogens is 1. The normalized spacial score (nSPS) is 19.5. The zero-order chi connectivity index (χ0) is 13.3. The van der Waals surface area contributed by atoms with Crippen LogP contribution in [0, 0.1) is 6.92 Å². The van der Waals surface area contributed by atoms with Crippen LogP contribution >= 0.6 is 11.6 Å². The molecule has 1 aromatic rings. The van der Waals surface area contributed by atoms with E-state index in [-0.39, 0.29) is 18.2 Å². The fourth-order valence-corrected chi connectivity index (χ4v) is 2.19. The highest BCUT2D eigenvalue weighted by atomic mass is 35.5. The minimum atomic E-state index is -0.476. The number of anilines is 1. The Morgan fingerprint density at radius 1 is 1.44 bits per heavy atom. The van der Waals surface area contributed by atoms with Crippen molar-refractivity contribution < 1.29 is 9.59 Å². The number of rotatable bonds is 3. The summed E-state index contributed by atoms with van der Waals surface area (Å²) >= 11 is 6.02. The van der Waals surface area contributed by atoms with E-state index >= 15 is 0 Å². The van der Waals surface area contributed by atoms with E-state index in [0.717, 1.165) is 11.3 Å². The molecule has 1 N–H and O–H groups in total. The Morgan fingerprint density at radius 2 is 2.17 bits per heavy atom. The summed E-state index contributed by atoms with van der Waals surface area (Å²) in [7, 11) is 0. The number of likely N-dealkylation sites (N-methyl/N-ethyl adjacent to an activating group) is 1. The molecule has 5 heteroatoms. The van der Waals surface area contributed by atoms with E-state index in [4.69, 9.17) is 11.6 Å². The molecule has 1 unspecified atom stereocenters. The van der Waals surface area contributed by atoms with Gasteiger partial charge in [0.25, 0.3) is 5.91 Å². The van der Waals surface area contributed by atoms with Crippen molar-refractivity contribution in [1.29, 1.82) is 0 Å². The average molecular weight is 267 g/mol. The molecule has 1 aliphatic heterocycles. The van der Waals surface area contributed by atoms with Crippen LogP contribution in [-0.2, 0) is 9.59 Å². The van der Waals surface area contributed by atoms with Gasteiger partial charge in [-0.1, -0.05) is 17.7 Å². The molecule has 0 aromatic heterocycles. The Balaban J connectivity index is 2.13. The molecule has 1 aromatic carbocycles. The van der Waals surface area contributed by atoms with Gasteiger partial charge >= 0.3 is 0 Å². The molecule has 0 spiro atoms. The maximum Gasteiger partial charge on any atom is 0.252 e. The predicted molar refractivity (Wildman–Crippen MR) is 70.6 cm³/mol. The predicted octanol–water partition coefficient (Wildman–Crippen LogP) is 2.21. The molecule has 0 bridgehead atoms. The third kappa shape index (κ3) is 2.34. The van der Waals surface area contributed by atoms with Gasteiger partial charge in [-0.3, -0.25) is 14.5 Å². The summed E-state index contributed by atoms with van der Waals surface area (Å²) in [5.74, 6) is -0.294. The smallest absolute Gasteiger partial charge is 0.252 e. The number of nitrogens with zero attached hydrogens (tertiary/aromatic N) is 1. The van der Waals surface area contributed by atoms with E-state index in [1.54, 1.807) is 13.0 Å². The molecule has 4 nitrogen and oxygen atoms in total. The average Bonchev–Trinajstić information content (AvgIpc) is 2.59. The first kappa shape index (κ1) is 12.9. The molecule has 1 fully saturated rings. The molecule has 18 heavy (non-hydrogen) atoms. The number of imide groups is 1. The van der Waals surface area contributed by atoms with Gasteiger partial charge < -0.3 is 5.32 Å². The summed E-state index contributed by atoms with van der Waals surface area (Å²) in [6.07, 6.45) is 0.207. The third-order valence-electron chi connectivity index (χ3n) is 3.07. The van der Waals surface area contributed by atoms with Crippen molar-refractivity contribution in [2.75, 3.05) is 11.9 Å². The highest BCUT2D eigenvalue weighted by molar-refractivity contribution is 6.31. The van der Waals surface area contributed by atoms with Gasteiger partial charge in [0, 0.05) is 17.3 Å². The van der Waals surface area contributed by atoms with Gasteiger partial charge in [-0.05, 0) is 31.5 Å². The summed E-state index contributed by atoms with van der Waals surface area (Å²) in [6.45, 7) is 4.13. The van der Waals surface area contributed by atoms with Crippen molar-refractivity contribution in [3.63, 3.8) is 0 Å². The second kappa shape index (κ2) is 4.98. The summed E-state index contributed by atoms with van der Waals surface area (Å²) in [5.41, 5.74) is 1.74. The quantitative estimate of drug-likeness (QED) is 0.854. The van der Waals surface area contributed by atoms with Crippen molar-refractivity contribution in [2.24, 2.45) is 0 Å². The van der Waals surface area contributed by atoms with Crippen LogP contribution in [-0.4, -0.2) is 29.3 Å². The topological polar surface area (TPSA) is 49.4 Å². The number of likely N-dealkylation sites (tertiary alicyclic amines) is 1. The van der Waals surface area contributed by atoms with E-state index in [1.165, 1.54) is 4.90 Å². The molecule has 2 rings (SSSR count). The van der Waals surface area contributed by atoms with Crippen molar-refractivity contribution in [2.45, 2.75) is 26.3 Å². The fourth-order valence-electron chi connectivity index (χ4n) is 2.01. The first-order valence-electron chi connectivity index (χ1n) is 5.89. The Hall–Kier alpha value is -1.55. The lowest BCUT2D eigenvalue weighted by Gasteiger charge is -2.14. The minimum Gasteiger partial charge on any atom is -0.373 e. The number of benzene rings is 1. The van der Waals surface area contributed by atoms with Gasteiger partial charge in [0.1, 0.15) is 6.04 Å².